The molecule has 3 fully saturated rings. The lowest BCUT2D eigenvalue weighted by Crippen LogP contribution is -2.57. The summed E-state index contributed by atoms with van der Waals surface area (Å²) in [7, 11) is 0. The maximum absolute atomic E-state index is 13.0. The number of carbonyl (C=O) groups excluding carboxylic acids is 3. The minimum absolute atomic E-state index is 0.0959. The van der Waals surface area contributed by atoms with Crippen molar-refractivity contribution in [1.29, 1.82) is 0 Å². The van der Waals surface area contributed by atoms with Gasteiger partial charge in [-0.2, -0.15) is 0 Å². The Bertz CT molecular complexity index is 1210. The molecule has 8 nitrogen and oxygen atoms in total. The summed E-state index contributed by atoms with van der Waals surface area (Å²) in [6, 6.07) is 7.38. The van der Waals surface area contributed by atoms with Crippen LogP contribution in [0.15, 0.2) is 36.7 Å². The summed E-state index contributed by atoms with van der Waals surface area (Å²) >= 11 is 6.13. The maximum atomic E-state index is 13.0. The van der Waals surface area contributed by atoms with E-state index in [1.54, 1.807) is 11.1 Å². The zero-order valence-corrected chi connectivity index (χ0v) is 20.7. The van der Waals surface area contributed by atoms with Crippen molar-refractivity contribution in [3.8, 4) is 5.75 Å². The van der Waals surface area contributed by atoms with E-state index in [2.05, 4.69) is 15.2 Å². The highest BCUT2D eigenvalue weighted by Crippen LogP contribution is 2.37. The number of piperidine rings is 1. The summed E-state index contributed by atoms with van der Waals surface area (Å²) < 4.78 is 6.53. The van der Waals surface area contributed by atoms with Crippen molar-refractivity contribution in [3.63, 3.8) is 0 Å². The van der Waals surface area contributed by atoms with Gasteiger partial charge in [-0.05, 0) is 61.1 Å². The van der Waals surface area contributed by atoms with E-state index in [0.29, 0.717) is 35.5 Å². The van der Waals surface area contributed by atoms with Gasteiger partial charge in [-0.1, -0.05) is 18.0 Å². The van der Waals surface area contributed by atoms with E-state index in [4.69, 9.17) is 16.3 Å². The molecule has 9 heteroatoms. The van der Waals surface area contributed by atoms with Gasteiger partial charge < -0.3 is 9.64 Å². The van der Waals surface area contributed by atoms with E-state index in [9.17, 15) is 14.4 Å². The van der Waals surface area contributed by atoms with Crippen LogP contribution in [0.2, 0.25) is 5.02 Å². The molecule has 2 saturated heterocycles. The fourth-order valence-corrected chi connectivity index (χ4v) is 6.26. The summed E-state index contributed by atoms with van der Waals surface area (Å²) in [4.78, 5) is 45.1. The number of ether oxygens (including phenoxy) is 1. The second-order valence-electron chi connectivity index (χ2n) is 10.3. The first kappa shape index (κ1) is 23.4. The number of carbonyl (C=O) groups is 3. The molecule has 2 aromatic rings. The second kappa shape index (κ2) is 9.48. The van der Waals surface area contributed by atoms with Crippen molar-refractivity contribution in [2.24, 2.45) is 0 Å². The number of amides is 3. The van der Waals surface area contributed by atoms with Gasteiger partial charge in [0.2, 0.25) is 11.8 Å². The average Bonchev–Trinajstić information content (AvgIpc) is 3.15. The fraction of sp³-hybridized carbons (Fsp3) is 0.481. The number of benzene rings is 1. The van der Waals surface area contributed by atoms with Crippen molar-refractivity contribution in [2.75, 3.05) is 13.1 Å². The molecule has 3 atom stereocenters. The van der Waals surface area contributed by atoms with E-state index < -0.39 is 11.9 Å². The molecule has 4 heterocycles. The van der Waals surface area contributed by atoms with Gasteiger partial charge in [-0.3, -0.25) is 29.6 Å². The number of fused-ring (bicyclic) bond motifs is 1. The zero-order valence-electron chi connectivity index (χ0n) is 20.0. The molecule has 4 aliphatic rings. The Balaban J connectivity index is 1.12. The number of hydrogen-bond acceptors (Lipinski definition) is 6. The molecule has 0 bridgehead atoms. The Labute approximate surface area is 214 Å². The Morgan fingerprint density at radius 2 is 1.86 bits per heavy atom. The molecule has 188 valence electrons. The van der Waals surface area contributed by atoms with Gasteiger partial charge in [0.05, 0.1) is 5.02 Å². The predicted molar refractivity (Wildman–Crippen MR) is 133 cm³/mol. The van der Waals surface area contributed by atoms with Gasteiger partial charge in [-0.15, -0.1) is 0 Å². The normalized spacial score (nSPS) is 27.0. The first-order chi connectivity index (χ1) is 17.5. The number of hydrogen-bond donors (Lipinski definition) is 1. The molecule has 3 amide bonds. The Hall–Kier alpha value is -2.97. The van der Waals surface area contributed by atoms with E-state index in [1.165, 1.54) is 12.0 Å². The number of halogens is 1. The third kappa shape index (κ3) is 4.37. The molecule has 1 aliphatic carbocycles. The number of pyridine rings is 1. The summed E-state index contributed by atoms with van der Waals surface area (Å²) in [6.45, 7) is 2.31. The number of rotatable bonds is 5. The largest absolute Gasteiger partial charge is 0.489 e. The SMILES string of the molecule is O=C1CCC(N2Cc3cc(O[C@H]4CCCCC4N4CC(c5cncc(Cl)c5)C4)ccc3C2=O)C(=O)N1. The molecule has 0 radical (unpaired) electrons. The van der Waals surface area contributed by atoms with E-state index in [0.717, 1.165) is 43.7 Å². The minimum atomic E-state index is -0.608. The molecule has 6 rings (SSSR count). The van der Waals surface area contributed by atoms with Crippen LogP contribution >= 0.6 is 11.6 Å². The van der Waals surface area contributed by atoms with Gasteiger partial charge in [0.1, 0.15) is 17.9 Å². The van der Waals surface area contributed by atoms with Crippen LogP contribution in [-0.2, 0) is 16.1 Å². The van der Waals surface area contributed by atoms with Crippen molar-refractivity contribution < 1.29 is 19.1 Å². The highest BCUT2D eigenvalue weighted by Gasteiger charge is 2.41. The Kier molecular flexibility index (Phi) is 6.17. The quantitative estimate of drug-likeness (QED) is 0.623. The number of aromatic nitrogens is 1. The summed E-state index contributed by atoms with van der Waals surface area (Å²) in [5.41, 5.74) is 2.66. The van der Waals surface area contributed by atoms with Crippen LogP contribution in [0.25, 0.3) is 0 Å². The molecule has 2 unspecified atom stereocenters. The Morgan fingerprint density at radius 1 is 1.03 bits per heavy atom. The molecule has 1 N–H and O–H groups in total. The van der Waals surface area contributed by atoms with Crippen LogP contribution in [0.1, 0.15) is 65.9 Å². The van der Waals surface area contributed by atoms with Crippen LogP contribution < -0.4 is 10.1 Å². The summed E-state index contributed by atoms with van der Waals surface area (Å²) in [6.07, 6.45) is 8.74. The predicted octanol–water partition coefficient (Wildman–Crippen LogP) is 3.29. The van der Waals surface area contributed by atoms with E-state index in [1.807, 2.05) is 30.5 Å². The van der Waals surface area contributed by atoms with E-state index >= 15 is 0 Å². The summed E-state index contributed by atoms with van der Waals surface area (Å²) in [5, 5.41) is 3.03. The van der Waals surface area contributed by atoms with Crippen molar-refractivity contribution in [1.82, 2.24) is 20.1 Å². The minimum Gasteiger partial charge on any atom is -0.489 e. The highest BCUT2D eigenvalue weighted by molar-refractivity contribution is 6.30. The molecule has 0 spiro atoms. The zero-order chi connectivity index (χ0) is 24.8. The first-order valence-corrected chi connectivity index (χ1v) is 13.1. The Morgan fingerprint density at radius 3 is 2.67 bits per heavy atom. The van der Waals surface area contributed by atoms with Gasteiger partial charge in [0.25, 0.3) is 5.91 Å². The molecule has 1 aromatic carbocycles. The molecule has 1 aromatic heterocycles. The van der Waals surface area contributed by atoms with Crippen LogP contribution in [-0.4, -0.2) is 63.8 Å². The number of nitrogens with one attached hydrogen (secondary N) is 1. The molecular weight excluding hydrogens is 480 g/mol. The number of nitrogens with zero attached hydrogens (tertiary/aromatic N) is 3. The standard InChI is InChI=1S/C27H29ClN4O4/c28-19-9-16(11-29-12-19)18-13-31(14-18)22-3-1-2-4-24(22)36-20-5-6-21-17(10-20)15-32(27(21)35)23-7-8-25(33)30-26(23)34/h5-6,9-12,18,22-24H,1-4,7-8,13-15H2,(H,30,33,34)/t22?,23?,24-/m0/s1. The average molecular weight is 509 g/mol. The van der Waals surface area contributed by atoms with Gasteiger partial charge in [-0.25, -0.2) is 0 Å². The molecule has 3 aliphatic heterocycles. The summed E-state index contributed by atoms with van der Waals surface area (Å²) in [5.74, 6) is 0.373. The molecule has 1 saturated carbocycles. The van der Waals surface area contributed by atoms with Gasteiger partial charge >= 0.3 is 0 Å². The lowest BCUT2D eigenvalue weighted by Gasteiger charge is -2.48. The van der Waals surface area contributed by atoms with Crippen LogP contribution in [0.4, 0.5) is 0 Å². The van der Waals surface area contributed by atoms with Crippen molar-refractivity contribution >= 4 is 29.3 Å². The number of imide groups is 1. The van der Waals surface area contributed by atoms with E-state index in [-0.39, 0.29) is 24.3 Å². The number of likely N-dealkylation sites (tertiary alicyclic amines) is 1. The highest BCUT2D eigenvalue weighted by atomic mass is 35.5. The monoisotopic (exact) mass is 508 g/mol. The topological polar surface area (TPSA) is 91.8 Å². The van der Waals surface area contributed by atoms with Crippen LogP contribution in [0.3, 0.4) is 0 Å². The van der Waals surface area contributed by atoms with Crippen LogP contribution in [0, 0.1) is 0 Å². The first-order valence-electron chi connectivity index (χ1n) is 12.7. The third-order valence-electron chi connectivity index (χ3n) is 8.03. The van der Waals surface area contributed by atoms with Gasteiger partial charge in [0.15, 0.2) is 0 Å². The third-order valence-corrected chi connectivity index (χ3v) is 8.23. The second-order valence-corrected chi connectivity index (χ2v) is 10.8. The van der Waals surface area contributed by atoms with Crippen LogP contribution in [0.5, 0.6) is 5.75 Å². The lowest BCUT2D eigenvalue weighted by atomic mass is 9.85. The van der Waals surface area contributed by atoms with Gasteiger partial charge in [0, 0.05) is 56.0 Å². The maximum Gasteiger partial charge on any atom is 0.255 e. The molecular formula is C27H29ClN4O4. The molecule has 36 heavy (non-hydrogen) atoms. The van der Waals surface area contributed by atoms with Crippen molar-refractivity contribution in [3.05, 3.63) is 58.4 Å². The lowest BCUT2D eigenvalue weighted by molar-refractivity contribution is -0.136. The smallest absolute Gasteiger partial charge is 0.255 e. The fourth-order valence-electron chi connectivity index (χ4n) is 6.08. The van der Waals surface area contributed by atoms with Crippen molar-refractivity contribution in [2.45, 2.75) is 69.2 Å².